The maximum Gasteiger partial charge on any atom is 0.216 e. The minimum absolute atomic E-state index is 0. The molecule has 7 heteroatoms. The molecule has 0 bridgehead atoms. The highest BCUT2D eigenvalue weighted by Crippen LogP contribution is 2.22. The van der Waals surface area contributed by atoms with Crippen molar-refractivity contribution in [2.75, 3.05) is 13.1 Å². The molecule has 2 rings (SSSR count). The largest absolute Gasteiger partial charge is 0.489 e. The van der Waals surface area contributed by atoms with Gasteiger partial charge in [-0.15, -0.1) is 24.0 Å². The van der Waals surface area contributed by atoms with Crippen LogP contribution < -0.4 is 15.4 Å². The summed E-state index contributed by atoms with van der Waals surface area (Å²) >= 11 is 0. The van der Waals surface area contributed by atoms with Gasteiger partial charge in [-0.25, -0.2) is 9.98 Å². The van der Waals surface area contributed by atoms with E-state index in [1.54, 1.807) is 6.20 Å². The zero-order valence-corrected chi connectivity index (χ0v) is 19.1. The van der Waals surface area contributed by atoms with Crippen LogP contribution in [0.1, 0.15) is 46.3 Å². The Morgan fingerprint density at radius 1 is 1.22 bits per heavy atom. The number of guanidine groups is 1. The molecule has 27 heavy (non-hydrogen) atoms. The van der Waals surface area contributed by atoms with Gasteiger partial charge in [0.15, 0.2) is 5.96 Å². The van der Waals surface area contributed by atoms with Crippen molar-refractivity contribution in [2.24, 2.45) is 4.99 Å². The molecule has 0 spiro atoms. The minimum Gasteiger partial charge on any atom is -0.489 e. The van der Waals surface area contributed by atoms with Crippen molar-refractivity contribution in [1.29, 1.82) is 0 Å². The molecule has 1 aromatic heterocycles. The molecular weight excluding hydrogens is 455 g/mol. The summed E-state index contributed by atoms with van der Waals surface area (Å²) in [5, 5.41) is 6.52. The van der Waals surface area contributed by atoms with Crippen molar-refractivity contribution in [2.45, 2.75) is 52.7 Å². The number of benzene rings is 1. The summed E-state index contributed by atoms with van der Waals surface area (Å²) in [4.78, 5) is 8.85. The van der Waals surface area contributed by atoms with Gasteiger partial charge in [0.25, 0.3) is 0 Å². The second-order valence-corrected chi connectivity index (χ2v) is 7.19. The van der Waals surface area contributed by atoms with Crippen LogP contribution in [0.15, 0.2) is 45.9 Å². The van der Waals surface area contributed by atoms with E-state index in [0.29, 0.717) is 24.9 Å². The average Bonchev–Trinajstić information content (AvgIpc) is 3.08. The van der Waals surface area contributed by atoms with Crippen LogP contribution >= 0.6 is 24.0 Å². The second-order valence-electron chi connectivity index (χ2n) is 7.19. The predicted octanol–water partition coefficient (Wildman–Crippen LogP) is 4.11. The first-order valence-corrected chi connectivity index (χ1v) is 9.07. The first-order chi connectivity index (χ1) is 12.4. The number of halogens is 1. The predicted molar refractivity (Wildman–Crippen MR) is 120 cm³/mol. The zero-order chi connectivity index (χ0) is 19.0. The van der Waals surface area contributed by atoms with Crippen molar-refractivity contribution in [1.82, 2.24) is 15.6 Å². The summed E-state index contributed by atoms with van der Waals surface area (Å²) in [6.45, 7) is 12.1. The Morgan fingerprint density at radius 2 is 1.93 bits per heavy atom. The number of nitrogens with zero attached hydrogens (tertiary/aromatic N) is 2. The molecule has 0 amide bonds. The van der Waals surface area contributed by atoms with Crippen molar-refractivity contribution < 1.29 is 9.15 Å². The second kappa shape index (κ2) is 11.2. The van der Waals surface area contributed by atoms with Gasteiger partial charge in [0.1, 0.15) is 24.2 Å². The summed E-state index contributed by atoms with van der Waals surface area (Å²) in [6, 6.07) is 9.79. The molecule has 6 nitrogen and oxygen atoms in total. The maximum absolute atomic E-state index is 5.87. The molecule has 0 aliphatic heterocycles. The first-order valence-electron chi connectivity index (χ1n) is 9.07. The summed E-state index contributed by atoms with van der Waals surface area (Å²) in [5.74, 6) is 3.05. The molecule has 2 N–H and O–H groups in total. The van der Waals surface area contributed by atoms with Crippen LogP contribution in [-0.2, 0) is 12.0 Å². The quantitative estimate of drug-likeness (QED) is 0.350. The van der Waals surface area contributed by atoms with Crippen molar-refractivity contribution in [3.63, 3.8) is 0 Å². The van der Waals surface area contributed by atoms with Crippen LogP contribution in [0.3, 0.4) is 0 Å². The Labute approximate surface area is 179 Å². The molecule has 1 heterocycles. The van der Waals surface area contributed by atoms with Crippen molar-refractivity contribution >= 4 is 29.9 Å². The molecule has 0 fully saturated rings. The molecular formula is C20H31IN4O2. The lowest BCUT2D eigenvalue weighted by Crippen LogP contribution is -2.41. The summed E-state index contributed by atoms with van der Waals surface area (Å²) in [5.41, 5.74) is -0.0536. The number of rotatable bonds is 7. The van der Waals surface area contributed by atoms with E-state index in [4.69, 9.17) is 9.15 Å². The standard InChI is InChI=1S/C20H30N4O2.HI/c1-6-21-19(23-12-15(2)25-16-10-8-7-9-11-16)24-14-18-22-13-17(26-18)20(3,4)5;/h7-11,13,15H,6,12,14H2,1-5H3,(H2,21,23,24);1H. The number of oxazole rings is 1. The lowest BCUT2D eigenvalue weighted by molar-refractivity contribution is 0.224. The molecule has 0 radical (unpaired) electrons. The number of aromatic nitrogens is 1. The van der Waals surface area contributed by atoms with Crippen LogP contribution in [0.5, 0.6) is 5.75 Å². The van der Waals surface area contributed by atoms with Gasteiger partial charge in [-0.05, 0) is 26.0 Å². The van der Waals surface area contributed by atoms with Crippen LogP contribution in [0.2, 0.25) is 0 Å². The molecule has 0 saturated heterocycles. The summed E-state index contributed by atoms with van der Waals surface area (Å²) < 4.78 is 11.7. The van der Waals surface area contributed by atoms with E-state index >= 15 is 0 Å². The average molecular weight is 486 g/mol. The number of ether oxygens (including phenoxy) is 1. The Morgan fingerprint density at radius 3 is 2.52 bits per heavy atom. The summed E-state index contributed by atoms with van der Waals surface area (Å²) in [7, 11) is 0. The number of nitrogens with one attached hydrogen (secondary N) is 2. The van der Waals surface area contributed by atoms with Gasteiger partial charge >= 0.3 is 0 Å². The third-order valence-corrected chi connectivity index (χ3v) is 3.65. The molecule has 1 unspecified atom stereocenters. The fourth-order valence-electron chi connectivity index (χ4n) is 2.23. The number of para-hydroxylation sites is 1. The fourth-order valence-corrected chi connectivity index (χ4v) is 2.23. The third-order valence-electron chi connectivity index (χ3n) is 3.65. The lowest BCUT2D eigenvalue weighted by Gasteiger charge is -2.17. The monoisotopic (exact) mass is 486 g/mol. The maximum atomic E-state index is 5.87. The van der Waals surface area contributed by atoms with E-state index in [1.807, 2.05) is 44.2 Å². The first kappa shape index (κ1) is 23.3. The van der Waals surface area contributed by atoms with Crippen molar-refractivity contribution in [3.8, 4) is 5.75 Å². The molecule has 1 atom stereocenters. The number of aliphatic imine (C=N–C) groups is 1. The van der Waals surface area contributed by atoms with Gasteiger partial charge in [0.2, 0.25) is 5.89 Å². The number of hydrogen-bond donors (Lipinski definition) is 2. The third kappa shape index (κ3) is 8.19. The minimum atomic E-state index is -0.0536. The van der Waals surface area contributed by atoms with Gasteiger partial charge < -0.3 is 19.8 Å². The molecule has 150 valence electrons. The molecule has 0 aliphatic rings. The van der Waals surface area contributed by atoms with Gasteiger partial charge in [-0.1, -0.05) is 39.0 Å². The highest BCUT2D eigenvalue weighted by Gasteiger charge is 2.19. The van der Waals surface area contributed by atoms with E-state index in [0.717, 1.165) is 18.1 Å². The van der Waals surface area contributed by atoms with E-state index in [2.05, 4.69) is 41.4 Å². The Balaban J connectivity index is 0.00000364. The van der Waals surface area contributed by atoms with Gasteiger partial charge in [0.05, 0.1) is 12.7 Å². The van der Waals surface area contributed by atoms with E-state index < -0.39 is 0 Å². The molecule has 2 aromatic rings. The Hall–Kier alpha value is -1.77. The Kier molecular flexibility index (Phi) is 9.62. The lowest BCUT2D eigenvalue weighted by atomic mass is 9.94. The highest BCUT2D eigenvalue weighted by atomic mass is 127. The van der Waals surface area contributed by atoms with E-state index in [1.165, 1.54) is 0 Å². The fraction of sp³-hybridized carbons (Fsp3) is 0.500. The van der Waals surface area contributed by atoms with Gasteiger partial charge in [-0.3, -0.25) is 0 Å². The summed E-state index contributed by atoms with van der Waals surface area (Å²) in [6.07, 6.45) is 1.79. The smallest absolute Gasteiger partial charge is 0.216 e. The highest BCUT2D eigenvalue weighted by molar-refractivity contribution is 14.0. The molecule has 0 aliphatic carbocycles. The van der Waals surface area contributed by atoms with Crippen LogP contribution in [0.4, 0.5) is 0 Å². The zero-order valence-electron chi connectivity index (χ0n) is 16.8. The SMILES string of the molecule is CCNC(=NCc1ncc(C(C)(C)C)o1)NCC(C)Oc1ccccc1.I. The Bertz CT molecular complexity index is 696. The molecule has 1 aromatic carbocycles. The van der Waals surface area contributed by atoms with Crippen LogP contribution in [0, 0.1) is 0 Å². The van der Waals surface area contributed by atoms with Crippen molar-refractivity contribution in [3.05, 3.63) is 48.2 Å². The molecule has 0 saturated carbocycles. The topological polar surface area (TPSA) is 71.7 Å². The van der Waals surface area contributed by atoms with Gasteiger partial charge in [0, 0.05) is 12.0 Å². The van der Waals surface area contributed by atoms with E-state index in [-0.39, 0.29) is 35.5 Å². The van der Waals surface area contributed by atoms with E-state index in [9.17, 15) is 0 Å². The van der Waals surface area contributed by atoms with Gasteiger partial charge in [-0.2, -0.15) is 0 Å². The van der Waals surface area contributed by atoms with Crippen LogP contribution in [0.25, 0.3) is 0 Å². The normalized spacial score (nSPS) is 12.9. The van der Waals surface area contributed by atoms with Crippen LogP contribution in [-0.4, -0.2) is 30.1 Å². The number of hydrogen-bond acceptors (Lipinski definition) is 4.